The van der Waals surface area contributed by atoms with Gasteiger partial charge in [0.2, 0.25) is 23.6 Å². The molecular weight excluding hydrogens is 530 g/mol. The van der Waals surface area contributed by atoms with Crippen molar-refractivity contribution >= 4 is 23.6 Å². The van der Waals surface area contributed by atoms with Crippen molar-refractivity contribution in [1.82, 2.24) is 20.9 Å². The Morgan fingerprint density at radius 1 is 0.714 bits per heavy atom. The first-order valence-corrected chi connectivity index (χ1v) is 13.6. The number of carbonyl (C=O) groups is 4. The van der Waals surface area contributed by atoms with Gasteiger partial charge in [-0.15, -0.1) is 0 Å². The maximum Gasteiger partial charge on any atom is 0.248 e. The summed E-state index contributed by atoms with van der Waals surface area (Å²) in [6.07, 6.45) is 1.88. The van der Waals surface area contributed by atoms with Crippen LogP contribution in [0.4, 0.5) is 0 Å². The monoisotopic (exact) mass is 563 g/mol. The predicted molar refractivity (Wildman–Crippen MR) is 160 cm³/mol. The van der Waals surface area contributed by atoms with E-state index >= 15 is 0 Å². The Morgan fingerprint density at radius 2 is 1.38 bits per heavy atom. The molecule has 0 radical (unpaired) electrons. The zero-order valence-electron chi connectivity index (χ0n) is 23.2. The molecule has 4 amide bonds. The minimum atomic E-state index is -1.03. The zero-order valence-corrected chi connectivity index (χ0v) is 23.2. The second-order valence-electron chi connectivity index (χ2n) is 9.83. The molecule has 0 fully saturated rings. The van der Waals surface area contributed by atoms with Crippen LogP contribution in [0.2, 0.25) is 0 Å². The lowest BCUT2D eigenvalue weighted by atomic mass is 9.99. The first-order chi connectivity index (χ1) is 20.3. The molecule has 4 aromatic rings. The van der Waals surface area contributed by atoms with Crippen molar-refractivity contribution in [2.75, 3.05) is 7.05 Å². The normalized spacial score (nSPS) is 12.0. The van der Waals surface area contributed by atoms with Gasteiger partial charge in [-0.05, 0) is 46.5 Å². The summed E-state index contributed by atoms with van der Waals surface area (Å²) in [5, 5.41) is 8.20. The van der Waals surface area contributed by atoms with Crippen molar-refractivity contribution in [3.05, 3.63) is 126 Å². The quantitative estimate of drug-likeness (QED) is 0.210. The standard InChI is InChI=1S/C33H33N5O4/c1-35-32(41)28(19-22-13-15-25(16-14-22)24-9-3-2-4-10-24)38-33(42)29(20-23-8-7-11-26(18-23)31(34)40)37-30(39)21-27-12-5-6-17-36-27/h2-18,28-29H,19-21H2,1H3,(H2,34,40)(H,35,41)(H,37,39)(H,38,42). The molecule has 2 unspecified atom stereocenters. The minimum absolute atomic E-state index is 0.0292. The van der Waals surface area contributed by atoms with Crippen LogP contribution in [0.15, 0.2) is 103 Å². The number of aromatic nitrogens is 1. The molecule has 0 aliphatic rings. The summed E-state index contributed by atoms with van der Waals surface area (Å²) in [7, 11) is 1.50. The summed E-state index contributed by atoms with van der Waals surface area (Å²) in [6, 6.07) is 27.6. The number of hydrogen-bond donors (Lipinski definition) is 4. The Morgan fingerprint density at radius 3 is 2.05 bits per heavy atom. The highest BCUT2D eigenvalue weighted by Gasteiger charge is 2.27. The van der Waals surface area contributed by atoms with E-state index in [1.54, 1.807) is 48.7 Å². The van der Waals surface area contributed by atoms with Gasteiger partial charge in [-0.3, -0.25) is 24.2 Å². The van der Waals surface area contributed by atoms with Crippen LogP contribution in [0.3, 0.4) is 0 Å². The van der Waals surface area contributed by atoms with Crippen LogP contribution in [-0.2, 0) is 33.6 Å². The van der Waals surface area contributed by atoms with Gasteiger partial charge >= 0.3 is 0 Å². The van der Waals surface area contributed by atoms with Crippen molar-refractivity contribution in [3.63, 3.8) is 0 Å². The average Bonchev–Trinajstić information content (AvgIpc) is 3.01. The van der Waals surface area contributed by atoms with Gasteiger partial charge in [0.25, 0.3) is 0 Å². The van der Waals surface area contributed by atoms with Crippen LogP contribution in [0.25, 0.3) is 11.1 Å². The molecule has 1 aromatic heterocycles. The predicted octanol–water partition coefficient (Wildman–Crippen LogP) is 2.59. The lowest BCUT2D eigenvalue weighted by Gasteiger charge is -2.23. The lowest BCUT2D eigenvalue weighted by Crippen LogP contribution is -2.55. The summed E-state index contributed by atoms with van der Waals surface area (Å²) >= 11 is 0. The maximum atomic E-state index is 13.6. The van der Waals surface area contributed by atoms with E-state index in [0.29, 0.717) is 11.3 Å². The van der Waals surface area contributed by atoms with E-state index in [9.17, 15) is 19.2 Å². The van der Waals surface area contributed by atoms with Crippen LogP contribution in [0.5, 0.6) is 0 Å². The second-order valence-corrected chi connectivity index (χ2v) is 9.83. The second kappa shape index (κ2) is 14.4. The Kier molecular flexibility index (Phi) is 10.1. The van der Waals surface area contributed by atoms with Crippen LogP contribution in [0.1, 0.15) is 27.2 Å². The highest BCUT2D eigenvalue weighted by molar-refractivity contribution is 5.94. The summed E-state index contributed by atoms with van der Waals surface area (Å²) in [4.78, 5) is 55.2. The summed E-state index contributed by atoms with van der Waals surface area (Å²) in [6.45, 7) is 0. The minimum Gasteiger partial charge on any atom is -0.366 e. The van der Waals surface area contributed by atoms with E-state index in [-0.39, 0.29) is 30.7 Å². The number of carbonyl (C=O) groups excluding carboxylic acids is 4. The molecule has 9 nitrogen and oxygen atoms in total. The third-order valence-corrected chi connectivity index (χ3v) is 6.75. The highest BCUT2D eigenvalue weighted by Crippen LogP contribution is 2.20. The number of benzene rings is 3. The first-order valence-electron chi connectivity index (χ1n) is 13.6. The van der Waals surface area contributed by atoms with Crippen LogP contribution in [-0.4, -0.2) is 47.7 Å². The maximum absolute atomic E-state index is 13.6. The number of amides is 4. The molecule has 4 rings (SSSR count). The third kappa shape index (κ3) is 8.34. The first kappa shape index (κ1) is 29.7. The molecule has 9 heteroatoms. The van der Waals surface area contributed by atoms with Gasteiger partial charge in [-0.1, -0.05) is 72.8 Å². The lowest BCUT2D eigenvalue weighted by molar-refractivity contribution is -0.131. The van der Waals surface area contributed by atoms with Gasteiger partial charge in [0.05, 0.1) is 6.42 Å². The Labute approximate surface area is 244 Å². The summed E-state index contributed by atoms with van der Waals surface area (Å²) < 4.78 is 0. The number of nitrogens with one attached hydrogen (secondary N) is 3. The molecule has 42 heavy (non-hydrogen) atoms. The molecule has 0 saturated heterocycles. The molecule has 3 aromatic carbocycles. The van der Waals surface area contributed by atoms with Crippen molar-refractivity contribution in [2.45, 2.75) is 31.3 Å². The number of hydrogen-bond acceptors (Lipinski definition) is 5. The van der Waals surface area contributed by atoms with Crippen molar-refractivity contribution in [2.24, 2.45) is 5.73 Å². The molecule has 0 spiro atoms. The van der Waals surface area contributed by atoms with Crippen molar-refractivity contribution in [3.8, 4) is 11.1 Å². The topological polar surface area (TPSA) is 143 Å². The van der Waals surface area contributed by atoms with Crippen molar-refractivity contribution < 1.29 is 19.2 Å². The van der Waals surface area contributed by atoms with Gasteiger partial charge in [-0.25, -0.2) is 0 Å². The fourth-order valence-electron chi connectivity index (χ4n) is 4.56. The SMILES string of the molecule is CNC(=O)C(Cc1ccc(-c2ccccc2)cc1)NC(=O)C(Cc1cccc(C(N)=O)c1)NC(=O)Cc1ccccn1. The van der Waals surface area contributed by atoms with E-state index < -0.39 is 29.8 Å². The molecule has 1 heterocycles. The van der Waals surface area contributed by atoms with Gasteiger partial charge in [-0.2, -0.15) is 0 Å². The third-order valence-electron chi connectivity index (χ3n) is 6.75. The van der Waals surface area contributed by atoms with Gasteiger partial charge in [0.1, 0.15) is 12.1 Å². The molecule has 214 valence electrons. The number of nitrogens with two attached hydrogens (primary N) is 1. The molecule has 0 aliphatic heterocycles. The number of likely N-dealkylation sites (N-methyl/N-ethyl adjacent to an activating group) is 1. The number of primary amides is 1. The highest BCUT2D eigenvalue weighted by atomic mass is 16.2. The zero-order chi connectivity index (χ0) is 29.9. The van der Waals surface area contributed by atoms with Crippen LogP contribution < -0.4 is 21.7 Å². The molecule has 0 aliphatic carbocycles. The van der Waals surface area contributed by atoms with E-state index in [1.807, 2.05) is 54.6 Å². The van der Waals surface area contributed by atoms with Crippen molar-refractivity contribution in [1.29, 1.82) is 0 Å². The van der Waals surface area contributed by atoms with Crippen LogP contribution in [0, 0.1) is 0 Å². The van der Waals surface area contributed by atoms with E-state index in [2.05, 4.69) is 20.9 Å². The summed E-state index contributed by atoms with van der Waals surface area (Å²) in [5.74, 6) is -1.92. The Balaban J connectivity index is 1.52. The van der Waals surface area contributed by atoms with E-state index in [1.165, 1.54) is 7.05 Å². The van der Waals surface area contributed by atoms with Gasteiger partial charge in [0, 0.05) is 37.3 Å². The van der Waals surface area contributed by atoms with Gasteiger partial charge < -0.3 is 21.7 Å². The smallest absolute Gasteiger partial charge is 0.248 e. The Hall–Kier alpha value is -5.31. The fourth-order valence-corrected chi connectivity index (χ4v) is 4.56. The number of pyridine rings is 1. The Bertz CT molecular complexity index is 1530. The number of rotatable bonds is 12. The van der Waals surface area contributed by atoms with Crippen LogP contribution >= 0.6 is 0 Å². The fraction of sp³-hybridized carbons (Fsp3) is 0.182. The van der Waals surface area contributed by atoms with Gasteiger partial charge in [0.15, 0.2) is 0 Å². The molecule has 2 atom stereocenters. The molecule has 0 bridgehead atoms. The summed E-state index contributed by atoms with van der Waals surface area (Å²) in [5.41, 5.74) is 9.85. The number of nitrogens with zero attached hydrogens (tertiary/aromatic N) is 1. The average molecular weight is 564 g/mol. The molecule has 5 N–H and O–H groups in total. The van der Waals surface area contributed by atoms with E-state index in [0.717, 1.165) is 16.7 Å². The molecule has 0 saturated carbocycles. The largest absolute Gasteiger partial charge is 0.366 e. The van der Waals surface area contributed by atoms with E-state index in [4.69, 9.17) is 5.73 Å². The molecular formula is C33H33N5O4.